The van der Waals surface area contributed by atoms with Crippen LogP contribution in [-0.2, 0) is 29.1 Å². The third kappa shape index (κ3) is 4.37. The third-order valence-electron chi connectivity index (χ3n) is 5.76. The number of carbonyl (C=O) groups is 1. The van der Waals surface area contributed by atoms with Crippen LogP contribution in [0.25, 0.3) is 10.6 Å². The summed E-state index contributed by atoms with van der Waals surface area (Å²) in [5, 5.41) is 6.38. The molecule has 184 valence electrons. The molecule has 5 rings (SSSR count). The molecule has 1 aromatic carbocycles. The average Bonchev–Trinajstić information content (AvgIpc) is 3.42. The first-order valence-electron chi connectivity index (χ1n) is 10.3. The Morgan fingerprint density at radius 2 is 1.91 bits per heavy atom. The minimum absolute atomic E-state index is 0.00959. The zero-order valence-electron chi connectivity index (χ0n) is 18.0. The van der Waals surface area contributed by atoms with Crippen molar-refractivity contribution >= 4 is 50.3 Å². The summed E-state index contributed by atoms with van der Waals surface area (Å²) < 4.78 is 66.9. The molecule has 0 aliphatic carbocycles. The van der Waals surface area contributed by atoms with Gasteiger partial charge in [-0.2, -0.15) is 13.2 Å². The normalized spacial score (nSPS) is 17.2. The van der Waals surface area contributed by atoms with E-state index >= 15 is 0 Å². The molecule has 0 radical (unpaired) electrons. The lowest BCUT2D eigenvalue weighted by Crippen LogP contribution is -2.27. The summed E-state index contributed by atoms with van der Waals surface area (Å²) in [7, 11) is -2.43. The molecule has 2 N–H and O–H groups in total. The maximum Gasteiger partial charge on any atom is 0.420 e. The van der Waals surface area contributed by atoms with Gasteiger partial charge in [-0.15, -0.1) is 11.3 Å². The fourth-order valence-corrected chi connectivity index (χ4v) is 7.15. The number of benzene rings is 1. The lowest BCUT2D eigenvalue weighted by molar-refractivity contribution is -0.137. The van der Waals surface area contributed by atoms with Crippen LogP contribution in [-0.4, -0.2) is 48.5 Å². The van der Waals surface area contributed by atoms with E-state index < -0.39 is 33.2 Å². The Morgan fingerprint density at radius 1 is 1.20 bits per heavy atom. The van der Waals surface area contributed by atoms with Gasteiger partial charge in [0.25, 0.3) is 5.91 Å². The Bertz CT molecular complexity index is 1470. The van der Waals surface area contributed by atoms with Gasteiger partial charge in [-0.05, 0) is 29.3 Å². The van der Waals surface area contributed by atoms with Gasteiger partial charge >= 0.3 is 6.18 Å². The molecule has 0 saturated carbocycles. The topological polar surface area (TPSA) is 104 Å². The van der Waals surface area contributed by atoms with Crippen LogP contribution in [0.5, 0.6) is 0 Å². The molecule has 1 amide bonds. The number of alkyl halides is 3. The molecule has 2 aliphatic rings. The van der Waals surface area contributed by atoms with Gasteiger partial charge in [0.1, 0.15) is 10.4 Å². The van der Waals surface area contributed by atoms with Gasteiger partial charge in [0, 0.05) is 32.9 Å². The van der Waals surface area contributed by atoms with E-state index in [0.717, 1.165) is 17.2 Å². The number of amides is 1. The molecule has 0 unspecified atom stereocenters. The Balaban J connectivity index is 1.62. The first-order chi connectivity index (χ1) is 16.4. The predicted molar refractivity (Wildman–Crippen MR) is 125 cm³/mol. The number of thiophene rings is 1. The number of sulfone groups is 1. The molecule has 3 aromatic rings. The van der Waals surface area contributed by atoms with Crippen molar-refractivity contribution in [2.45, 2.75) is 24.2 Å². The van der Waals surface area contributed by atoms with Crippen molar-refractivity contribution < 1.29 is 26.4 Å². The highest BCUT2D eigenvalue weighted by molar-refractivity contribution is 7.91. The summed E-state index contributed by atoms with van der Waals surface area (Å²) >= 11 is 6.99. The van der Waals surface area contributed by atoms with Crippen molar-refractivity contribution in [3.05, 3.63) is 51.0 Å². The molecule has 0 atom stereocenters. The average molecular weight is 544 g/mol. The molecular formula is C21H17ClF3N5O3S2. The second-order valence-electron chi connectivity index (χ2n) is 8.13. The monoisotopic (exact) mass is 543 g/mol. The van der Waals surface area contributed by atoms with E-state index in [1.54, 1.807) is 12.1 Å². The van der Waals surface area contributed by atoms with Crippen LogP contribution < -0.4 is 10.6 Å². The third-order valence-corrected chi connectivity index (χ3v) is 9.05. The van der Waals surface area contributed by atoms with Gasteiger partial charge in [0.05, 0.1) is 31.9 Å². The highest BCUT2D eigenvalue weighted by Gasteiger charge is 2.38. The molecule has 2 aliphatic heterocycles. The molecule has 8 nitrogen and oxygen atoms in total. The number of aromatic nitrogens is 2. The van der Waals surface area contributed by atoms with Gasteiger partial charge in [-0.3, -0.25) is 4.79 Å². The van der Waals surface area contributed by atoms with E-state index in [0.29, 0.717) is 41.3 Å². The first kappa shape index (κ1) is 24.0. The van der Waals surface area contributed by atoms with Crippen LogP contribution in [0.1, 0.15) is 26.4 Å². The van der Waals surface area contributed by atoms with Crippen LogP contribution in [0.3, 0.4) is 0 Å². The van der Waals surface area contributed by atoms with Crippen molar-refractivity contribution in [2.75, 3.05) is 24.7 Å². The molecule has 35 heavy (non-hydrogen) atoms. The summed E-state index contributed by atoms with van der Waals surface area (Å²) in [6.07, 6.45) is -4.19. The van der Waals surface area contributed by atoms with Crippen molar-refractivity contribution in [2.24, 2.45) is 0 Å². The van der Waals surface area contributed by atoms with Gasteiger partial charge in [-0.25, -0.2) is 18.4 Å². The quantitative estimate of drug-likeness (QED) is 0.513. The minimum atomic E-state index is -4.81. The van der Waals surface area contributed by atoms with E-state index in [4.69, 9.17) is 11.6 Å². The number of halogens is 4. The van der Waals surface area contributed by atoms with Crippen LogP contribution >= 0.6 is 22.9 Å². The highest BCUT2D eigenvalue weighted by Crippen LogP contribution is 2.42. The van der Waals surface area contributed by atoms with Crippen molar-refractivity contribution in [1.29, 1.82) is 0 Å². The van der Waals surface area contributed by atoms with E-state index in [1.165, 1.54) is 11.9 Å². The van der Waals surface area contributed by atoms with Crippen LogP contribution in [0.15, 0.2) is 29.3 Å². The smallest absolute Gasteiger partial charge is 0.340 e. The number of fused-ring (bicyclic) bond motifs is 2. The summed E-state index contributed by atoms with van der Waals surface area (Å²) in [6, 6.07) is 4.61. The lowest BCUT2D eigenvalue weighted by atomic mass is 10.1. The number of rotatable bonds is 3. The second-order valence-corrected chi connectivity index (χ2v) is 11.7. The second kappa shape index (κ2) is 8.43. The zero-order valence-corrected chi connectivity index (χ0v) is 20.4. The fourth-order valence-electron chi connectivity index (χ4n) is 3.89. The Labute approximate surface area is 207 Å². The number of anilines is 2. The standard InChI is InChI=1S/C21H17ClF3N5O3S2/c1-30-2-3-35(32,33)16-6-15(34-18(16)19(30)31)17-12(21(23,24)25)9-27-20(29-17)28-14-5-11-8-26-7-10(11)4-13(14)22/h4-6,9,26H,2-3,7-8H2,1H3,(H,27,28,29). The first-order valence-corrected chi connectivity index (χ1v) is 13.1. The molecule has 0 fully saturated rings. The van der Waals surface area contributed by atoms with Gasteiger partial charge in [-0.1, -0.05) is 11.6 Å². The summed E-state index contributed by atoms with van der Waals surface area (Å²) in [5.41, 5.74) is 0.741. The largest absolute Gasteiger partial charge is 0.420 e. The molecule has 4 heterocycles. The van der Waals surface area contributed by atoms with Crippen LogP contribution in [0, 0.1) is 0 Å². The highest BCUT2D eigenvalue weighted by atomic mass is 35.5. The lowest BCUT2D eigenvalue weighted by Gasteiger charge is -2.14. The molecule has 14 heteroatoms. The number of hydrogen-bond donors (Lipinski definition) is 2. The Hall–Kier alpha value is -2.74. The Morgan fingerprint density at radius 3 is 2.63 bits per heavy atom. The van der Waals surface area contributed by atoms with E-state index in [9.17, 15) is 26.4 Å². The van der Waals surface area contributed by atoms with E-state index in [-0.39, 0.29) is 32.9 Å². The summed E-state index contributed by atoms with van der Waals surface area (Å²) in [4.78, 5) is 21.2. The van der Waals surface area contributed by atoms with Gasteiger partial charge in [0.2, 0.25) is 5.95 Å². The number of nitrogens with zero attached hydrogens (tertiary/aromatic N) is 3. The fraction of sp³-hybridized carbons (Fsp3) is 0.286. The molecule has 0 saturated heterocycles. The van der Waals surface area contributed by atoms with E-state index in [2.05, 4.69) is 20.6 Å². The van der Waals surface area contributed by atoms with Crippen molar-refractivity contribution in [3.8, 4) is 10.6 Å². The maximum atomic E-state index is 13.8. The molecule has 2 aromatic heterocycles. The number of nitrogens with one attached hydrogen (secondary N) is 2. The van der Waals surface area contributed by atoms with Crippen LogP contribution in [0.2, 0.25) is 5.02 Å². The minimum Gasteiger partial charge on any atom is -0.340 e. The van der Waals surface area contributed by atoms with Crippen LogP contribution in [0.4, 0.5) is 24.8 Å². The Kier molecular flexibility index (Phi) is 5.78. The van der Waals surface area contributed by atoms with Crippen molar-refractivity contribution in [1.82, 2.24) is 20.2 Å². The number of carbonyl (C=O) groups excluding carboxylic acids is 1. The SMILES string of the molecule is CN1CCS(=O)(=O)c2cc(-c3nc(Nc4cc5c(cc4Cl)CNC5)ncc3C(F)(F)F)sc2C1=O. The van der Waals surface area contributed by atoms with Gasteiger partial charge < -0.3 is 15.5 Å². The zero-order chi connectivity index (χ0) is 25.1. The molecular weight excluding hydrogens is 527 g/mol. The summed E-state index contributed by atoms with van der Waals surface area (Å²) in [5.74, 6) is -1.06. The predicted octanol–water partition coefficient (Wildman–Crippen LogP) is 4.08. The van der Waals surface area contributed by atoms with E-state index in [1.807, 2.05) is 0 Å². The molecule has 0 bridgehead atoms. The molecule has 0 spiro atoms. The number of hydrogen-bond acceptors (Lipinski definition) is 8. The van der Waals surface area contributed by atoms with Gasteiger partial charge in [0.15, 0.2) is 9.84 Å². The maximum absolute atomic E-state index is 13.8. The van der Waals surface area contributed by atoms with Crippen molar-refractivity contribution in [3.63, 3.8) is 0 Å². The summed E-state index contributed by atoms with van der Waals surface area (Å²) in [6.45, 7) is 1.28.